The normalized spacial score (nSPS) is 12.6. The van der Waals surface area contributed by atoms with Gasteiger partial charge in [0.1, 0.15) is 30.0 Å². The van der Waals surface area contributed by atoms with E-state index in [9.17, 15) is 24.0 Å². The van der Waals surface area contributed by atoms with E-state index in [-0.39, 0.29) is 50.7 Å². The molecule has 334 valence electrons. The molecule has 3 atom stereocenters. The minimum absolute atomic E-state index is 0.00742. The summed E-state index contributed by atoms with van der Waals surface area (Å²) in [6.07, 6.45) is 2.27. The second kappa shape index (κ2) is 24.4. The van der Waals surface area contributed by atoms with E-state index in [4.69, 9.17) is 14.2 Å². The summed E-state index contributed by atoms with van der Waals surface area (Å²) in [4.78, 5) is 68.3. The molecule has 0 aliphatic carbocycles. The molecule has 5 rings (SSSR count). The van der Waals surface area contributed by atoms with Crippen LogP contribution in [-0.4, -0.2) is 61.6 Å². The molecule has 5 aromatic carbocycles. The van der Waals surface area contributed by atoms with Crippen molar-refractivity contribution in [3.8, 4) is 5.75 Å². The van der Waals surface area contributed by atoms with Crippen molar-refractivity contribution >= 4 is 29.8 Å². The van der Waals surface area contributed by atoms with E-state index in [0.717, 1.165) is 22.3 Å². The van der Waals surface area contributed by atoms with Crippen LogP contribution in [0.1, 0.15) is 67.9 Å². The second-order valence-corrected chi connectivity index (χ2v) is 15.7. The van der Waals surface area contributed by atoms with Gasteiger partial charge in [0, 0.05) is 25.0 Å². The van der Waals surface area contributed by atoms with E-state index in [1.54, 1.807) is 38.3 Å². The van der Waals surface area contributed by atoms with Crippen LogP contribution in [0.15, 0.2) is 158 Å². The third-order valence-corrected chi connectivity index (χ3v) is 10.5. The number of nitrogens with one attached hydrogen (secondary N) is 4. The number of alkyl carbamates (subject to hydrolysis) is 1. The molecule has 4 amide bonds. The first-order chi connectivity index (χ1) is 31.0. The van der Waals surface area contributed by atoms with Gasteiger partial charge in [-0.3, -0.25) is 14.4 Å². The molecule has 0 saturated heterocycles. The van der Waals surface area contributed by atoms with Gasteiger partial charge in [0.05, 0.1) is 13.7 Å². The molecular formula is C52H58N4O8. The van der Waals surface area contributed by atoms with E-state index in [1.165, 1.54) is 12.2 Å². The summed E-state index contributed by atoms with van der Waals surface area (Å²) < 4.78 is 15.9. The zero-order valence-electron chi connectivity index (χ0n) is 36.8. The Morgan fingerprint density at radius 3 is 1.67 bits per heavy atom. The highest BCUT2D eigenvalue weighted by Crippen LogP contribution is 2.37. The van der Waals surface area contributed by atoms with Gasteiger partial charge in [-0.25, -0.2) is 9.59 Å². The van der Waals surface area contributed by atoms with Crippen LogP contribution < -0.4 is 26.0 Å². The van der Waals surface area contributed by atoms with Crippen molar-refractivity contribution in [3.63, 3.8) is 0 Å². The number of ether oxygens (including phenoxy) is 3. The highest BCUT2D eigenvalue weighted by atomic mass is 16.5. The molecule has 0 aliphatic rings. The number of benzene rings is 5. The minimum Gasteiger partial charge on any atom is -0.497 e. The van der Waals surface area contributed by atoms with Crippen molar-refractivity contribution in [1.29, 1.82) is 0 Å². The van der Waals surface area contributed by atoms with Crippen molar-refractivity contribution in [2.45, 2.75) is 76.7 Å². The monoisotopic (exact) mass is 866 g/mol. The van der Waals surface area contributed by atoms with Gasteiger partial charge in [0.25, 0.3) is 0 Å². The van der Waals surface area contributed by atoms with Gasteiger partial charge in [0.15, 0.2) is 0 Å². The molecular weight excluding hydrogens is 809 g/mol. The Balaban J connectivity index is 1.40. The lowest BCUT2D eigenvalue weighted by atomic mass is 9.77. The number of esters is 1. The zero-order valence-corrected chi connectivity index (χ0v) is 36.8. The van der Waals surface area contributed by atoms with E-state index in [2.05, 4.69) is 21.3 Å². The number of carbonyl (C=O) groups is 5. The van der Waals surface area contributed by atoms with Gasteiger partial charge in [-0.15, -0.1) is 0 Å². The Kier molecular flexibility index (Phi) is 18.3. The van der Waals surface area contributed by atoms with Crippen LogP contribution in [0.4, 0.5) is 4.79 Å². The lowest BCUT2D eigenvalue weighted by Gasteiger charge is -2.37. The number of hydrogen-bond acceptors (Lipinski definition) is 8. The van der Waals surface area contributed by atoms with Gasteiger partial charge in [0.2, 0.25) is 17.7 Å². The number of hydrogen-bond donors (Lipinski definition) is 4. The lowest BCUT2D eigenvalue weighted by molar-refractivity contribution is -0.137. The molecule has 0 fully saturated rings. The molecule has 0 radical (unpaired) electrons. The maximum atomic E-state index is 14.4. The van der Waals surface area contributed by atoms with Crippen LogP contribution in [0.2, 0.25) is 0 Å². The highest BCUT2D eigenvalue weighted by molar-refractivity contribution is 5.92. The summed E-state index contributed by atoms with van der Waals surface area (Å²) in [5.41, 5.74) is 2.97. The molecule has 0 aliphatic heterocycles. The van der Waals surface area contributed by atoms with Crippen LogP contribution in [0.3, 0.4) is 0 Å². The number of amides is 4. The summed E-state index contributed by atoms with van der Waals surface area (Å²) >= 11 is 0. The molecule has 0 saturated carbocycles. The van der Waals surface area contributed by atoms with E-state index in [1.807, 2.05) is 135 Å². The maximum absolute atomic E-state index is 14.4. The Morgan fingerprint density at radius 2 is 1.16 bits per heavy atom. The van der Waals surface area contributed by atoms with Crippen molar-refractivity contribution < 1.29 is 38.2 Å². The van der Waals surface area contributed by atoms with Crippen LogP contribution in [0.5, 0.6) is 5.75 Å². The molecule has 12 nitrogen and oxygen atoms in total. The Hall–Kier alpha value is -7.21. The molecule has 12 heteroatoms. The predicted octanol–water partition coefficient (Wildman–Crippen LogP) is 7.56. The van der Waals surface area contributed by atoms with E-state index < -0.39 is 47.5 Å². The van der Waals surface area contributed by atoms with Crippen molar-refractivity contribution in [2.24, 2.45) is 5.92 Å². The lowest BCUT2D eigenvalue weighted by Crippen LogP contribution is -2.55. The standard InChI is InChI=1S/C52H58N4O8/c1-5-63-48(58)33-29-43(28-32-47(57)56-52(40-20-12-7-13-21-40,41-22-14-8-15-23-41)42-24-16-9-17-25-42)53-49(59)46(35-38-26-30-44(62-4)31-27-38)54-50(60)45(34-37(2)3)55-51(61)64-36-39-18-10-6-11-19-39/h6-27,29-31,33,37,43,45-46H,5,28,32,34-36H2,1-4H3,(H,53,59)(H,54,60)(H,55,61)(H,56,57)/b33-29+/t43-,45-,46-/m0/s1. The predicted molar refractivity (Wildman–Crippen MR) is 246 cm³/mol. The number of methoxy groups -OCH3 is 1. The quantitative estimate of drug-likeness (QED) is 0.0315. The Bertz CT molecular complexity index is 2170. The third kappa shape index (κ3) is 14.2. The van der Waals surface area contributed by atoms with Gasteiger partial charge in [-0.2, -0.15) is 0 Å². The first-order valence-electron chi connectivity index (χ1n) is 21.5. The highest BCUT2D eigenvalue weighted by Gasteiger charge is 2.38. The summed E-state index contributed by atoms with van der Waals surface area (Å²) in [6, 6.07) is 42.3. The fraction of sp³-hybridized carbons (Fsp3) is 0.288. The molecule has 0 aromatic heterocycles. The van der Waals surface area contributed by atoms with Crippen molar-refractivity contribution in [1.82, 2.24) is 21.3 Å². The average molecular weight is 867 g/mol. The van der Waals surface area contributed by atoms with Gasteiger partial charge in [-0.05, 0) is 65.6 Å². The van der Waals surface area contributed by atoms with E-state index in [0.29, 0.717) is 11.3 Å². The zero-order chi connectivity index (χ0) is 45.7. The fourth-order valence-corrected chi connectivity index (χ4v) is 7.31. The molecule has 0 bridgehead atoms. The molecule has 0 heterocycles. The summed E-state index contributed by atoms with van der Waals surface area (Å²) in [6.45, 7) is 5.67. The van der Waals surface area contributed by atoms with Gasteiger partial charge < -0.3 is 35.5 Å². The first-order valence-corrected chi connectivity index (χ1v) is 21.5. The van der Waals surface area contributed by atoms with Crippen LogP contribution in [-0.2, 0) is 47.2 Å². The van der Waals surface area contributed by atoms with Crippen LogP contribution >= 0.6 is 0 Å². The van der Waals surface area contributed by atoms with Crippen LogP contribution in [0.25, 0.3) is 0 Å². The molecule has 0 unspecified atom stereocenters. The number of rotatable bonds is 22. The topological polar surface area (TPSA) is 161 Å². The van der Waals surface area contributed by atoms with Crippen molar-refractivity contribution in [3.05, 3.63) is 186 Å². The summed E-state index contributed by atoms with van der Waals surface area (Å²) in [5.74, 6) is -1.49. The van der Waals surface area contributed by atoms with Gasteiger partial charge >= 0.3 is 12.1 Å². The van der Waals surface area contributed by atoms with Crippen molar-refractivity contribution in [2.75, 3.05) is 13.7 Å². The second-order valence-electron chi connectivity index (χ2n) is 15.7. The third-order valence-electron chi connectivity index (χ3n) is 10.5. The first kappa shape index (κ1) is 47.8. The largest absolute Gasteiger partial charge is 0.497 e. The molecule has 5 aromatic rings. The Labute approximate surface area is 375 Å². The summed E-state index contributed by atoms with van der Waals surface area (Å²) in [7, 11) is 1.55. The molecule has 0 spiro atoms. The number of carbonyl (C=O) groups excluding carboxylic acids is 5. The SMILES string of the molecule is CCOC(=O)/C=C/[C@H](CCC(=O)NC(c1ccccc1)(c1ccccc1)c1ccccc1)NC(=O)[C@H](Cc1ccc(OC)cc1)NC(=O)[C@H](CC(C)C)NC(=O)OCc1ccccc1. The fourth-order valence-electron chi connectivity index (χ4n) is 7.31. The summed E-state index contributed by atoms with van der Waals surface area (Å²) in [5, 5.41) is 11.9. The molecule has 4 N–H and O–H groups in total. The molecule has 64 heavy (non-hydrogen) atoms. The maximum Gasteiger partial charge on any atom is 0.408 e. The van der Waals surface area contributed by atoms with E-state index >= 15 is 0 Å². The average Bonchev–Trinajstić information content (AvgIpc) is 3.31. The smallest absolute Gasteiger partial charge is 0.408 e. The van der Waals surface area contributed by atoms with Gasteiger partial charge in [-0.1, -0.05) is 153 Å². The Morgan fingerprint density at radius 1 is 0.625 bits per heavy atom. The van der Waals surface area contributed by atoms with Crippen LogP contribution in [0, 0.1) is 5.92 Å². The minimum atomic E-state index is -1.15.